The number of hydrogen-bond acceptors (Lipinski definition) is 4. The summed E-state index contributed by atoms with van der Waals surface area (Å²) in [5, 5.41) is 0. The lowest BCUT2D eigenvalue weighted by atomic mass is 10.1. The van der Waals surface area contributed by atoms with Crippen LogP contribution < -0.4 is 5.73 Å². The second-order valence-electron chi connectivity index (χ2n) is 5.83. The highest BCUT2D eigenvalue weighted by atomic mass is 15.3. The molecule has 0 bridgehead atoms. The minimum Gasteiger partial charge on any atom is -0.384 e. The lowest BCUT2D eigenvalue weighted by Gasteiger charge is -2.32. The number of piperidine rings is 1. The highest BCUT2D eigenvalue weighted by Gasteiger charge is 2.28. The van der Waals surface area contributed by atoms with Gasteiger partial charge < -0.3 is 5.73 Å². The Morgan fingerprint density at radius 2 is 2.00 bits per heavy atom. The van der Waals surface area contributed by atoms with E-state index in [1.807, 2.05) is 12.1 Å². The Hall–Kier alpha value is -1.13. The molecule has 0 aliphatic carbocycles. The molecule has 19 heavy (non-hydrogen) atoms. The van der Waals surface area contributed by atoms with Crippen molar-refractivity contribution in [2.45, 2.75) is 38.3 Å². The molecule has 4 heteroatoms. The van der Waals surface area contributed by atoms with Crippen molar-refractivity contribution in [1.29, 1.82) is 0 Å². The SMILES string of the molecule is Nc1cccc(CN2CCC(N3CCCCC3)C2)n1. The molecule has 2 fully saturated rings. The van der Waals surface area contributed by atoms with Crippen LogP contribution in [0.3, 0.4) is 0 Å². The third-order valence-electron chi connectivity index (χ3n) is 4.37. The monoisotopic (exact) mass is 260 g/mol. The van der Waals surface area contributed by atoms with Crippen LogP contribution in [0, 0.1) is 0 Å². The molecule has 2 saturated heterocycles. The molecule has 2 aliphatic heterocycles. The average Bonchev–Trinajstić information content (AvgIpc) is 2.88. The van der Waals surface area contributed by atoms with Gasteiger partial charge in [0.1, 0.15) is 5.82 Å². The second-order valence-corrected chi connectivity index (χ2v) is 5.83. The fourth-order valence-corrected chi connectivity index (χ4v) is 3.35. The van der Waals surface area contributed by atoms with Crippen LogP contribution in [0.15, 0.2) is 18.2 Å². The molecule has 1 unspecified atom stereocenters. The van der Waals surface area contributed by atoms with Gasteiger partial charge in [-0.2, -0.15) is 0 Å². The molecule has 0 amide bonds. The van der Waals surface area contributed by atoms with Crippen LogP contribution in [0.2, 0.25) is 0 Å². The Kier molecular flexibility index (Phi) is 3.99. The van der Waals surface area contributed by atoms with Crippen molar-refractivity contribution in [2.24, 2.45) is 0 Å². The summed E-state index contributed by atoms with van der Waals surface area (Å²) in [4.78, 5) is 9.60. The number of pyridine rings is 1. The van der Waals surface area contributed by atoms with E-state index in [1.165, 1.54) is 51.9 Å². The normalized spacial score (nSPS) is 25.8. The summed E-state index contributed by atoms with van der Waals surface area (Å²) in [6.45, 7) is 5.92. The van der Waals surface area contributed by atoms with Crippen LogP contribution >= 0.6 is 0 Å². The van der Waals surface area contributed by atoms with Gasteiger partial charge in [-0.25, -0.2) is 4.98 Å². The van der Waals surface area contributed by atoms with E-state index in [0.717, 1.165) is 18.3 Å². The maximum atomic E-state index is 5.74. The van der Waals surface area contributed by atoms with Gasteiger partial charge >= 0.3 is 0 Å². The number of hydrogen-bond donors (Lipinski definition) is 1. The second kappa shape index (κ2) is 5.88. The Labute approximate surface area is 115 Å². The third kappa shape index (κ3) is 3.25. The molecule has 3 heterocycles. The fourth-order valence-electron chi connectivity index (χ4n) is 3.35. The topological polar surface area (TPSA) is 45.4 Å². The van der Waals surface area contributed by atoms with E-state index in [4.69, 9.17) is 5.73 Å². The number of nitrogens with two attached hydrogens (primary N) is 1. The Bertz CT molecular complexity index is 414. The Balaban J connectivity index is 1.54. The van der Waals surface area contributed by atoms with E-state index in [-0.39, 0.29) is 0 Å². The van der Waals surface area contributed by atoms with E-state index in [1.54, 1.807) is 0 Å². The lowest BCUT2D eigenvalue weighted by Crippen LogP contribution is -2.40. The smallest absolute Gasteiger partial charge is 0.123 e. The molecular formula is C15H24N4. The largest absolute Gasteiger partial charge is 0.384 e. The van der Waals surface area contributed by atoms with Gasteiger partial charge in [-0.05, 0) is 44.5 Å². The molecular weight excluding hydrogens is 236 g/mol. The van der Waals surface area contributed by atoms with Gasteiger partial charge in [0, 0.05) is 25.7 Å². The van der Waals surface area contributed by atoms with Gasteiger partial charge in [0.25, 0.3) is 0 Å². The number of likely N-dealkylation sites (tertiary alicyclic amines) is 2. The summed E-state index contributed by atoms with van der Waals surface area (Å²) in [5.41, 5.74) is 6.84. The predicted molar refractivity (Wildman–Crippen MR) is 77.8 cm³/mol. The van der Waals surface area contributed by atoms with Crippen molar-refractivity contribution in [3.8, 4) is 0 Å². The van der Waals surface area contributed by atoms with Crippen LogP contribution in [0.4, 0.5) is 5.82 Å². The zero-order valence-electron chi connectivity index (χ0n) is 11.6. The highest BCUT2D eigenvalue weighted by molar-refractivity contribution is 5.28. The third-order valence-corrected chi connectivity index (χ3v) is 4.37. The molecule has 3 rings (SSSR count). The van der Waals surface area contributed by atoms with Gasteiger partial charge in [-0.3, -0.25) is 9.80 Å². The molecule has 1 aromatic heterocycles. The predicted octanol–water partition coefficient (Wildman–Crippen LogP) is 1.72. The molecule has 0 saturated carbocycles. The summed E-state index contributed by atoms with van der Waals surface area (Å²) < 4.78 is 0. The first-order valence-electron chi connectivity index (χ1n) is 7.49. The Morgan fingerprint density at radius 1 is 1.16 bits per heavy atom. The minimum absolute atomic E-state index is 0.629. The molecule has 1 aromatic rings. The average molecular weight is 260 g/mol. The van der Waals surface area contributed by atoms with Gasteiger partial charge in [0.2, 0.25) is 0 Å². The van der Waals surface area contributed by atoms with Crippen LogP contribution in [-0.4, -0.2) is 47.0 Å². The van der Waals surface area contributed by atoms with Crippen LogP contribution in [0.1, 0.15) is 31.4 Å². The fraction of sp³-hybridized carbons (Fsp3) is 0.667. The number of nitrogens with zero attached hydrogens (tertiary/aromatic N) is 3. The minimum atomic E-state index is 0.629. The number of nitrogen functional groups attached to an aromatic ring is 1. The first-order valence-corrected chi connectivity index (χ1v) is 7.49. The van der Waals surface area contributed by atoms with E-state index in [0.29, 0.717) is 5.82 Å². The standard InChI is InChI=1S/C15H24N4/c16-15-6-4-5-13(17-15)11-18-10-7-14(12-18)19-8-2-1-3-9-19/h4-6,14H,1-3,7-12H2,(H2,16,17). The zero-order valence-corrected chi connectivity index (χ0v) is 11.6. The van der Waals surface area contributed by atoms with E-state index in [9.17, 15) is 0 Å². The van der Waals surface area contributed by atoms with Gasteiger partial charge in [-0.1, -0.05) is 12.5 Å². The zero-order chi connectivity index (χ0) is 13.1. The van der Waals surface area contributed by atoms with Crippen molar-refractivity contribution in [2.75, 3.05) is 31.9 Å². The van der Waals surface area contributed by atoms with E-state index in [2.05, 4.69) is 20.9 Å². The van der Waals surface area contributed by atoms with Crippen LogP contribution in [0.5, 0.6) is 0 Å². The van der Waals surface area contributed by atoms with Crippen molar-refractivity contribution < 1.29 is 0 Å². The summed E-state index contributed by atoms with van der Waals surface area (Å²) in [5.74, 6) is 0.629. The first kappa shape index (κ1) is 12.9. The van der Waals surface area contributed by atoms with Gasteiger partial charge in [0.15, 0.2) is 0 Å². The number of rotatable bonds is 3. The number of aromatic nitrogens is 1. The summed E-state index contributed by atoms with van der Waals surface area (Å²) in [6.07, 6.45) is 5.49. The van der Waals surface area contributed by atoms with E-state index < -0.39 is 0 Å². The van der Waals surface area contributed by atoms with Crippen molar-refractivity contribution in [1.82, 2.24) is 14.8 Å². The van der Waals surface area contributed by atoms with Crippen LogP contribution in [-0.2, 0) is 6.54 Å². The van der Waals surface area contributed by atoms with Gasteiger partial charge in [0.05, 0.1) is 5.69 Å². The Morgan fingerprint density at radius 3 is 2.79 bits per heavy atom. The maximum absolute atomic E-state index is 5.74. The molecule has 0 aromatic carbocycles. The van der Waals surface area contributed by atoms with Crippen LogP contribution in [0.25, 0.3) is 0 Å². The molecule has 104 valence electrons. The van der Waals surface area contributed by atoms with E-state index >= 15 is 0 Å². The summed E-state index contributed by atoms with van der Waals surface area (Å²) in [7, 11) is 0. The summed E-state index contributed by atoms with van der Waals surface area (Å²) >= 11 is 0. The van der Waals surface area contributed by atoms with Crippen molar-refractivity contribution in [3.05, 3.63) is 23.9 Å². The summed E-state index contributed by atoms with van der Waals surface area (Å²) in [6, 6.07) is 6.69. The van der Waals surface area contributed by atoms with Crippen molar-refractivity contribution >= 4 is 5.82 Å². The molecule has 2 aliphatic rings. The number of anilines is 1. The lowest BCUT2D eigenvalue weighted by molar-refractivity contribution is 0.161. The molecule has 0 spiro atoms. The van der Waals surface area contributed by atoms with Crippen molar-refractivity contribution in [3.63, 3.8) is 0 Å². The quantitative estimate of drug-likeness (QED) is 0.899. The van der Waals surface area contributed by atoms with Gasteiger partial charge in [-0.15, -0.1) is 0 Å². The molecule has 4 nitrogen and oxygen atoms in total. The first-order chi connectivity index (χ1) is 9.31. The molecule has 2 N–H and O–H groups in total. The highest BCUT2D eigenvalue weighted by Crippen LogP contribution is 2.21. The maximum Gasteiger partial charge on any atom is 0.123 e. The molecule has 1 atom stereocenters. The molecule has 0 radical (unpaired) electrons.